The van der Waals surface area contributed by atoms with Gasteiger partial charge in [0.2, 0.25) is 0 Å². The van der Waals surface area contributed by atoms with Gasteiger partial charge >= 0.3 is 0 Å². The quantitative estimate of drug-likeness (QED) is 0.734. The van der Waals surface area contributed by atoms with Gasteiger partial charge in [0.25, 0.3) is 0 Å². The number of hydrogen-bond donors (Lipinski definition) is 1. The van der Waals surface area contributed by atoms with Crippen molar-refractivity contribution in [1.29, 1.82) is 0 Å². The van der Waals surface area contributed by atoms with Gasteiger partial charge in [0, 0.05) is 21.9 Å². The standard InChI is InChI=1S/C16H19N3S/c1-4-16-18-13-9-12(17)6-7-14(13)19(16)11(3)15-8-5-10(2)20-15/h5-9,11H,4,17H2,1-3H3. The third-order valence-electron chi connectivity index (χ3n) is 3.66. The normalized spacial score (nSPS) is 12.9. The van der Waals surface area contributed by atoms with Crippen molar-refractivity contribution in [2.45, 2.75) is 33.2 Å². The number of thiophene rings is 1. The first-order valence-corrected chi connectivity index (χ1v) is 7.74. The molecule has 3 nitrogen and oxygen atoms in total. The van der Waals surface area contributed by atoms with Crippen molar-refractivity contribution in [3.05, 3.63) is 45.9 Å². The Morgan fingerprint density at radius 3 is 2.75 bits per heavy atom. The van der Waals surface area contributed by atoms with Gasteiger partial charge in [0.05, 0.1) is 17.1 Å². The van der Waals surface area contributed by atoms with Crippen LogP contribution in [0.3, 0.4) is 0 Å². The molecule has 0 aliphatic carbocycles. The molecule has 1 unspecified atom stereocenters. The molecule has 0 aliphatic heterocycles. The van der Waals surface area contributed by atoms with E-state index in [0.717, 1.165) is 29.0 Å². The molecule has 1 atom stereocenters. The van der Waals surface area contributed by atoms with Crippen LogP contribution < -0.4 is 5.73 Å². The monoisotopic (exact) mass is 285 g/mol. The molecule has 2 heterocycles. The molecule has 20 heavy (non-hydrogen) atoms. The Kier molecular flexibility index (Phi) is 3.26. The molecule has 0 aliphatic rings. The second kappa shape index (κ2) is 4.94. The summed E-state index contributed by atoms with van der Waals surface area (Å²) in [6, 6.07) is 10.7. The third kappa shape index (κ3) is 2.10. The molecule has 0 bridgehead atoms. The first kappa shape index (κ1) is 13.2. The molecule has 3 rings (SSSR count). The molecule has 3 aromatic rings. The highest BCUT2D eigenvalue weighted by Gasteiger charge is 2.17. The van der Waals surface area contributed by atoms with Crippen LogP contribution in [0.4, 0.5) is 5.69 Å². The van der Waals surface area contributed by atoms with Crippen LogP contribution >= 0.6 is 11.3 Å². The number of anilines is 1. The van der Waals surface area contributed by atoms with Crippen molar-refractivity contribution in [3.63, 3.8) is 0 Å². The van der Waals surface area contributed by atoms with Crippen molar-refractivity contribution in [3.8, 4) is 0 Å². The van der Waals surface area contributed by atoms with E-state index in [-0.39, 0.29) is 0 Å². The summed E-state index contributed by atoms with van der Waals surface area (Å²) in [5.74, 6) is 1.11. The maximum Gasteiger partial charge on any atom is 0.110 e. The summed E-state index contributed by atoms with van der Waals surface area (Å²) in [4.78, 5) is 7.45. The maximum absolute atomic E-state index is 5.87. The molecule has 2 N–H and O–H groups in total. The summed E-state index contributed by atoms with van der Waals surface area (Å²) in [5, 5.41) is 0. The van der Waals surface area contributed by atoms with Gasteiger partial charge in [-0.1, -0.05) is 6.92 Å². The Morgan fingerprint density at radius 2 is 2.10 bits per heavy atom. The van der Waals surface area contributed by atoms with Crippen LogP contribution in [0.25, 0.3) is 11.0 Å². The zero-order valence-corrected chi connectivity index (χ0v) is 12.9. The lowest BCUT2D eigenvalue weighted by molar-refractivity contribution is 0.632. The highest BCUT2D eigenvalue weighted by atomic mass is 32.1. The van der Waals surface area contributed by atoms with E-state index < -0.39 is 0 Å². The van der Waals surface area contributed by atoms with Gasteiger partial charge in [0.1, 0.15) is 5.82 Å². The van der Waals surface area contributed by atoms with E-state index in [1.807, 2.05) is 23.5 Å². The Balaban J connectivity index is 2.18. The van der Waals surface area contributed by atoms with Crippen LogP contribution in [0.2, 0.25) is 0 Å². The highest BCUT2D eigenvalue weighted by Crippen LogP contribution is 2.31. The average molecular weight is 285 g/mol. The average Bonchev–Trinajstić information content (AvgIpc) is 3.00. The second-order valence-corrected chi connectivity index (χ2v) is 6.44. The number of nitrogens with two attached hydrogens (primary N) is 1. The Bertz CT molecular complexity index is 754. The number of nitrogens with zero attached hydrogens (tertiary/aromatic N) is 2. The van der Waals surface area contributed by atoms with Crippen molar-refractivity contribution in [2.75, 3.05) is 5.73 Å². The van der Waals surface area contributed by atoms with Crippen LogP contribution in [0.5, 0.6) is 0 Å². The zero-order valence-electron chi connectivity index (χ0n) is 12.1. The van der Waals surface area contributed by atoms with Crippen LogP contribution in [0, 0.1) is 6.92 Å². The third-order valence-corrected chi connectivity index (χ3v) is 4.83. The first-order valence-electron chi connectivity index (χ1n) is 6.92. The fourth-order valence-electron chi connectivity index (χ4n) is 2.65. The van der Waals surface area contributed by atoms with E-state index in [9.17, 15) is 0 Å². The van der Waals surface area contributed by atoms with Gasteiger partial charge in [-0.3, -0.25) is 0 Å². The number of benzene rings is 1. The molecule has 4 heteroatoms. The topological polar surface area (TPSA) is 43.8 Å². The fourth-order valence-corrected chi connectivity index (χ4v) is 3.57. The lowest BCUT2D eigenvalue weighted by atomic mass is 10.2. The molecule has 0 saturated heterocycles. The van der Waals surface area contributed by atoms with Crippen molar-refractivity contribution in [2.24, 2.45) is 0 Å². The minimum atomic E-state index is 0.303. The van der Waals surface area contributed by atoms with Crippen molar-refractivity contribution < 1.29 is 0 Å². The SMILES string of the molecule is CCc1nc2cc(N)ccc2n1C(C)c1ccc(C)s1. The molecule has 0 saturated carbocycles. The fraction of sp³-hybridized carbons (Fsp3) is 0.312. The predicted molar refractivity (Wildman–Crippen MR) is 86.4 cm³/mol. The second-order valence-electron chi connectivity index (χ2n) is 5.12. The van der Waals surface area contributed by atoms with Gasteiger partial charge in [-0.2, -0.15) is 0 Å². The summed E-state index contributed by atoms with van der Waals surface area (Å²) >= 11 is 1.85. The Labute approximate surface area is 123 Å². The lowest BCUT2D eigenvalue weighted by Gasteiger charge is -2.16. The predicted octanol–water partition coefficient (Wildman–Crippen LogP) is 4.16. The number of hydrogen-bond acceptors (Lipinski definition) is 3. The Morgan fingerprint density at radius 1 is 1.30 bits per heavy atom. The van der Waals surface area contributed by atoms with E-state index in [2.05, 4.69) is 43.5 Å². The summed E-state index contributed by atoms with van der Waals surface area (Å²) in [6.07, 6.45) is 0.920. The van der Waals surface area contributed by atoms with E-state index in [4.69, 9.17) is 10.7 Å². The highest BCUT2D eigenvalue weighted by molar-refractivity contribution is 7.12. The largest absolute Gasteiger partial charge is 0.399 e. The molecular weight excluding hydrogens is 266 g/mol. The molecule has 0 fully saturated rings. The number of imidazole rings is 1. The number of aromatic nitrogens is 2. The van der Waals surface area contributed by atoms with Gasteiger partial charge in [0.15, 0.2) is 0 Å². The molecule has 104 valence electrons. The minimum Gasteiger partial charge on any atom is -0.399 e. The number of nitrogen functional groups attached to an aromatic ring is 1. The summed E-state index contributed by atoms with van der Waals surface area (Å²) < 4.78 is 2.33. The molecule has 0 amide bonds. The summed E-state index contributed by atoms with van der Waals surface area (Å²) in [7, 11) is 0. The number of fused-ring (bicyclic) bond motifs is 1. The molecule has 0 spiro atoms. The zero-order chi connectivity index (χ0) is 14.3. The molecular formula is C16H19N3S. The van der Waals surface area contributed by atoms with Crippen LogP contribution in [-0.2, 0) is 6.42 Å². The van der Waals surface area contributed by atoms with Crippen LogP contribution in [0.1, 0.15) is 35.5 Å². The number of aryl methyl sites for hydroxylation is 2. The van der Waals surface area contributed by atoms with Gasteiger partial charge in [-0.05, 0) is 44.2 Å². The lowest BCUT2D eigenvalue weighted by Crippen LogP contribution is -2.09. The summed E-state index contributed by atoms with van der Waals surface area (Å²) in [6.45, 7) is 6.53. The molecule has 0 radical (unpaired) electrons. The van der Waals surface area contributed by atoms with Gasteiger partial charge < -0.3 is 10.3 Å². The molecule has 2 aromatic heterocycles. The van der Waals surface area contributed by atoms with E-state index in [0.29, 0.717) is 6.04 Å². The summed E-state index contributed by atoms with van der Waals surface area (Å²) in [5.41, 5.74) is 8.79. The van der Waals surface area contributed by atoms with Crippen LogP contribution in [-0.4, -0.2) is 9.55 Å². The smallest absolute Gasteiger partial charge is 0.110 e. The first-order chi connectivity index (χ1) is 9.60. The van der Waals surface area contributed by atoms with E-state index in [1.165, 1.54) is 9.75 Å². The van der Waals surface area contributed by atoms with Crippen molar-refractivity contribution >= 4 is 28.1 Å². The molecule has 1 aromatic carbocycles. The minimum absolute atomic E-state index is 0.303. The number of rotatable bonds is 3. The van der Waals surface area contributed by atoms with Crippen molar-refractivity contribution in [1.82, 2.24) is 9.55 Å². The van der Waals surface area contributed by atoms with Gasteiger partial charge in [-0.15, -0.1) is 11.3 Å². The van der Waals surface area contributed by atoms with E-state index in [1.54, 1.807) is 0 Å². The Hall–Kier alpha value is -1.81. The maximum atomic E-state index is 5.87. The van der Waals surface area contributed by atoms with Gasteiger partial charge in [-0.25, -0.2) is 4.98 Å². The van der Waals surface area contributed by atoms with Crippen LogP contribution in [0.15, 0.2) is 30.3 Å². The van der Waals surface area contributed by atoms with E-state index >= 15 is 0 Å².